The number of aryl methyl sites for hydroxylation is 2. The summed E-state index contributed by atoms with van der Waals surface area (Å²) >= 11 is 0. The minimum Gasteiger partial charge on any atom is -0.317 e. The number of hydrogen-bond donors (Lipinski definition) is 1. The van der Waals surface area contributed by atoms with Crippen LogP contribution in [-0.4, -0.2) is 17.5 Å². The molecule has 1 aliphatic rings. The zero-order chi connectivity index (χ0) is 16.4. The van der Waals surface area contributed by atoms with Crippen molar-refractivity contribution < 1.29 is 9.18 Å². The maximum absolute atomic E-state index is 13.5. The van der Waals surface area contributed by atoms with Gasteiger partial charge in [0.05, 0.1) is 6.04 Å². The number of benzene rings is 2. The highest BCUT2D eigenvalue weighted by Gasteiger charge is 2.30. The molecule has 0 bridgehead atoms. The van der Waals surface area contributed by atoms with Gasteiger partial charge in [-0.25, -0.2) is 9.18 Å². The van der Waals surface area contributed by atoms with Crippen LogP contribution in [0.1, 0.15) is 35.6 Å². The minimum absolute atomic E-state index is 0.0587. The Balaban J connectivity index is 1.78. The van der Waals surface area contributed by atoms with E-state index in [1.807, 2.05) is 32.0 Å². The van der Waals surface area contributed by atoms with Crippen LogP contribution in [0, 0.1) is 19.7 Å². The fraction of sp³-hybridized carbons (Fsp3) is 0.316. The molecule has 2 amide bonds. The number of rotatable bonds is 2. The van der Waals surface area contributed by atoms with Crippen molar-refractivity contribution in [1.82, 2.24) is 4.90 Å². The summed E-state index contributed by atoms with van der Waals surface area (Å²) in [6, 6.07) is 12.3. The van der Waals surface area contributed by atoms with Gasteiger partial charge in [-0.15, -0.1) is 0 Å². The third-order valence-electron chi connectivity index (χ3n) is 4.22. The van der Waals surface area contributed by atoms with E-state index in [2.05, 4.69) is 11.4 Å². The van der Waals surface area contributed by atoms with E-state index in [-0.39, 0.29) is 17.9 Å². The summed E-state index contributed by atoms with van der Waals surface area (Å²) in [5.74, 6) is -0.260. The molecule has 0 aliphatic carbocycles. The lowest BCUT2D eigenvalue weighted by Crippen LogP contribution is -2.34. The maximum atomic E-state index is 13.5. The first kappa shape index (κ1) is 15.5. The van der Waals surface area contributed by atoms with Crippen LogP contribution >= 0.6 is 0 Å². The molecule has 1 N–H and O–H groups in total. The van der Waals surface area contributed by atoms with E-state index in [1.165, 1.54) is 12.1 Å². The van der Waals surface area contributed by atoms with Gasteiger partial charge in [0.2, 0.25) is 0 Å². The van der Waals surface area contributed by atoms with Crippen molar-refractivity contribution in [1.29, 1.82) is 0 Å². The van der Waals surface area contributed by atoms with Crippen LogP contribution in [-0.2, 0) is 0 Å². The zero-order valence-electron chi connectivity index (χ0n) is 13.5. The summed E-state index contributed by atoms with van der Waals surface area (Å²) in [7, 11) is 0. The second-order valence-electron chi connectivity index (χ2n) is 6.21. The van der Waals surface area contributed by atoms with Crippen LogP contribution in [0.5, 0.6) is 0 Å². The molecule has 1 aliphatic heterocycles. The number of amides is 2. The van der Waals surface area contributed by atoms with Gasteiger partial charge in [-0.1, -0.05) is 18.2 Å². The first-order valence-corrected chi connectivity index (χ1v) is 7.94. The highest BCUT2D eigenvalue weighted by Crippen LogP contribution is 2.32. The van der Waals surface area contributed by atoms with Crippen molar-refractivity contribution in [3.05, 3.63) is 65.0 Å². The summed E-state index contributed by atoms with van der Waals surface area (Å²) in [4.78, 5) is 14.4. The molecule has 3 nitrogen and oxygen atoms in total. The first-order chi connectivity index (χ1) is 11.0. The van der Waals surface area contributed by atoms with Crippen LogP contribution < -0.4 is 5.32 Å². The third kappa shape index (κ3) is 3.52. The van der Waals surface area contributed by atoms with Gasteiger partial charge in [-0.3, -0.25) is 0 Å². The average Bonchev–Trinajstić information content (AvgIpc) is 2.95. The topological polar surface area (TPSA) is 32.3 Å². The smallest absolute Gasteiger partial charge is 0.317 e. The van der Waals surface area contributed by atoms with Gasteiger partial charge in [-0.2, -0.15) is 0 Å². The summed E-state index contributed by atoms with van der Waals surface area (Å²) in [6.45, 7) is 4.71. The lowest BCUT2D eigenvalue weighted by Gasteiger charge is -2.25. The molecule has 3 rings (SSSR count). The van der Waals surface area contributed by atoms with Crippen LogP contribution in [0.2, 0.25) is 0 Å². The normalized spacial score (nSPS) is 17.3. The number of anilines is 1. The Bertz CT molecular complexity index is 709. The van der Waals surface area contributed by atoms with Gasteiger partial charge >= 0.3 is 6.03 Å². The summed E-state index contributed by atoms with van der Waals surface area (Å²) in [5.41, 5.74) is 3.89. The van der Waals surface area contributed by atoms with Gasteiger partial charge in [0.1, 0.15) is 5.82 Å². The molecule has 1 heterocycles. The monoisotopic (exact) mass is 312 g/mol. The molecule has 0 aromatic heterocycles. The van der Waals surface area contributed by atoms with Crippen molar-refractivity contribution in [3.8, 4) is 0 Å². The Morgan fingerprint density at radius 1 is 1.17 bits per heavy atom. The van der Waals surface area contributed by atoms with Gasteiger partial charge in [0.15, 0.2) is 0 Å². The predicted octanol–water partition coefficient (Wildman–Crippen LogP) is 4.81. The van der Waals surface area contributed by atoms with E-state index in [4.69, 9.17) is 0 Å². The molecule has 1 unspecified atom stereocenters. The number of nitrogens with zero attached hydrogens (tertiary/aromatic N) is 1. The number of carbonyl (C=O) groups excluding carboxylic acids is 1. The SMILES string of the molecule is Cc1cc(C)cc(NC(=O)N2CCCC2c2cccc(F)c2)c1. The third-order valence-corrected chi connectivity index (χ3v) is 4.22. The molecule has 0 radical (unpaired) electrons. The Kier molecular flexibility index (Phi) is 4.33. The Labute approximate surface area is 136 Å². The molecule has 4 heteroatoms. The van der Waals surface area contributed by atoms with Gasteiger partial charge in [0.25, 0.3) is 0 Å². The van der Waals surface area contributed by atoms with Crippen LogP contribution in [0.25, 0.3) is 0 Å². The van der Waals surface area contributed by atoms with E-state index < -0.39 is 0 Å². The number of likely N-dealkylation sites (tertiary alicyclic amines) is 1. The Morgan fingerprint density at radius 3 is 2.61 bits per heavy atom. The second-order valence-corrected chi connectivity index (χ2v) is 6.21. The predicted molar refractivity (Wildman–Crippen MR) is 90.0 cm³/mol. The molecule has 0 spiro atoms. The van der Waals surface area contributed by atoms with E-state index in [0.29, 0.717) is 6.54 Å². The van der Waals surface area contributed by atoms with E-state index >= 15 is 0 Å². The quantitative estimate of drug-likeness (QED) is 0.848. The lowest BCUT2D eigenvalue weighted by atomic mass is 10.0. The molecule has 1 atom stereocenters. The minimum atomic E-state index is -0.260. The average molecular weight is 312 g/mol. The molecule has 1 fully saturated rings. The second kappa shape index (κ2) is 6.41. The van der Waals surface area contributed by atoms with Gasteiger partial charge < -0.3 is 10.2 Å². The van der Waals surface area contributed by atoms with Crippen molar-refractivity contribution in [2.24, 2.45) is 0 Å². The Hall–Kier alpha value is -2.36. The summed E-state index contributed by atoms with van der Waals surface area (Å²) in [6.07, 6.45) is 1.80. The Morgan fingerprint density at radius 2 is 1.91 bits per heavy atom. The van der Waals surface area contributed by atoms with Crippen LogP contribution in [0.4, 0.5) is 14.9 Å². The van der Waals surface area contributed by atoms with Crippen molar-refractivity contribution in [2.45, 2.75) is 32.7 Å². The molecule has 0 saturated carbocycles. The van der Waals surface area contributed by atoms with Crippen molar-refractivity contribution >= 4 is 11.7 Å². The van der Waals surface area contributed by atoms with Crippen LogP contribution in [0.3, 0.4) is 0 Å². The van der Waals surface area contributed by atoms with Crippen LogP contribution in [0.15, 0.2) is 42.5 Å². The number of urea groups is 1. The lowest BCUT2D eigenvalue weighted by molar-refractivity contribution is 0.207. The number of halogens is 1. The van der Waals surface area contributed by atoms with Crippen molar-refractivity contribution in [3.63, 3.8) is 0 Å². The molecule has 23 heavy (non-hydrogen) atoms. The number of hydrogen-bond acceptors (Lipinski definition) is 1. The highest BCUT2D eigenvalue weighted by molar-refractivity contribution is 5.90. The van der Waals surface area contributed by atoms with Gasteiger partial charge in [0, 0.05) is 12.2 Å². The molecular weight excluding hydrogens is 291 g/mol. The fourth-order valence-electron chi connectivity index (χ4n) is 3.31. The zero-order valence-corrected chi connectivity index (χ0v) is 13.5. The molecule has 120 valence electrons. The summed E-state index contributed by atoms with van der Waals surface area (Å²) in [5, 5.41) is 2.97. The number of carbonyl (C=O) groups is 1. The largest absolute Gasteiger partial charge is 0.322 e. The maximum Gasteiger partial charge on any atom is 0.322 e. The number of nitrogens with one attached hydrogen (secondary N) is 1. The standard InChI is InChI=1S/C19H21FN2O/c1-13-9-14(2)11-17(10-13)21-19(23)22-8-4-7-18(22)15-5-3-6-16(20)12-15/h3,5-6,9-12,18H,4,7-8H2,1-2H3,(H,21,23). The summed E-state index contributed by atoms with van der Waals surface area (Å²) < 4.78 is 13.5. The van der Waals surface area contributed by atoms with Gasteiger partial charge in [-0.05, 0) is 67.6 Å². The fourth-order valence-corrected chi connectivity index (χ4v) is 3.31. The molecule has 1 saturated heterocycles. The van der Waals surface area contributed by atoms with E-state index in [9.17, 15) is 9.18 Å². The molecular formula is C19H21FN2O. The molecule has 2 aromatic rings. The molecule has 2 aromatic carbocycles. The van der Waals surface area contributed by atoms with E-state index in [0.717, 1.165) is 35.2 Å². The first-order valence-electron chi connectivity index (χ1n) is 7.94. The highest BCUT2D eigenvalue weighted by atomic mass is 19.1. The van der Waals surface area contributed by atoms with Crippen molar-refractivity contribution in [2.75, 3.05) is 11.9 Å². The van der Waals surface area contributed by atoms with E-state index in [1.54, 1.807) is 11.0 Å².